The lowest BCUT2D eigenvalue weighted by Gasteiger charge is -1.98. The Kier molecular flexibility index (Phi) is 8.86. The van der Waals surface area contributed by atoms with E-state index in [0.29, 0.717) is 4.57 Å². The summed E-state index contributed by atoms with van der Waals surface area (Å²) in [5.41, 5.74) is 0. The van der Waals surface area contributed by atoms with Crippen molar-refractivity contribution in [3.63, 3.8) is 0 Å². The van der Waals surface area contributed by atoms with E-state index in [-0.39, 0.29) is 17.0 Å². The van der Waals surface area contributed by atoms with Crippen molar-refractivity contribution in [3.8, 4) is 0 Å². The Morgan fingerprint density at radius 1 is 1.43 bits per heavy atom. The molecule has 46 valence electrons. The van der Waals surface area contributed by atoms with Crippen molar-refractivity contribution in [2.24, 2.45) is 5.92 Å². The smallest absolute Gasteiger partial charge is 0.119 e. The highest BCUT2D eigenvalue weighted by molar-refractivity contribution is 9.10. The molecule has 0 aliphatic rings. The molecule has 2 unspecified atom stereocenters. The summed E-state index contributed by atoms with van der Waals surface area (Å²) in [5, 5.41) is 0. The van der Waals surface area contributed by atoms with Gasteiger partial charge in [-0.15, -0.1) is 0 Å². The summed E-state index contributed by atoms with van der Waals surface area (Å²) < 4.78 is 0.692. The molecule has 0 saturated heterocycles. The number of rotatable bonds is 1. The number of hydrogen-bond donors (Lipinski definition) is 0. The van der Waals surface area contributed by atoms with E-state index < -0.39 is 0 Å². The van der Waals surface area contributed by atoms with E-state index in [1.54, 1.807) is 0 Å². The SMILES string of the molecule is CC(C)C([PH3+])Br.[Br-]. The molecule has 0 amide bonds. The zero-order valence-electron chi connectivity index (χ0n) is 4.62. The fraction of sp³-hybridized carbons (Fsp3) is 1.00. The summed E-state index contributed by atoms with van der Waals surface area (Å²) in [6, 6.07) is 0. The summed E-state index contributed by atoms with van der Waals surface area (Å²) in [7, 11) is 1.98. The van der Waals surface area contributed by atoms with E-state index in [4.69, 9.17) is 0 Å². The van der Waals surface area contributed by atoms with Crippen LogP contribution >= 0.6 is 25.2 Å². The first-order valence-corrected chi connectivity index (χ1v) is 3.85. The Morgan fingerprint density at radius 3 is 1.57 bits per heavy atom. The minimum Gasteiger partial charge on any atom is -1.00 e. The van der Waals surface area contributed by atoms with E-state index in [1.165, 1.54) is 0 Å². The van der Waals surface area contributed by atoms with Gasteiger partial charge < -0.3 is 17.0 Å². The fourth-order valence-electron chi connectivity index (χ4n) is 0. The molecule has 0 aromatic carbocycles. The summed E-state index contributed by atoms with van der Waals surface area (Å²) in [6.45, 7) is 4.40. The van der Waals surface area contributed by atoms with E-state index >= 15 is 0 Å². The molecule has 0 aliphatic heterocycles. The zero-order chi connectivity index (χ0) is 5.15. The molecule has 0 N–H and O–H groups in total. The van der Waals surface area contributed by atoms with Crippen LogP contribution in [0.4, 0.5) is 0 Å². The zero-order valence-corrected chi connectivity index (χ0v) is 9.20. The number of hydrogen-bond acceptors (Lipinski definition) is 0. The van der Waals surface area contributed by atoms with Crippen molar-refractivity contribution < 1.29 is 17.0 Å². The molecule has 0 heterocycles. The van der Waals surface area contributed by atoms with Crippen molar-refractivity contribution in [2.75, 3.05) is 0 Å². The molecular formula is C4H11Br2P. The summed E-state index contributed by atoms with van der Waals surface area (Å²) in [6.07, 6.45) is 0. The van der Waals surface area contributed by atoms with Crippen LogP contribution < -0.4 is 17.0 Å². The van der Waals surface area contributed by atoms with Crippen LogP contribution in [0.15, 0.2) is 0 Å². The van der Waals surface area contributed by atoms with Gasteiger partial charge in [-0.05, 0) is 31.1 Å². The van der Waals surface area contributed by atoms with E-state index in [1.807, 2.05) is 9.24 Å². The largest absolute Gasteiger partial charge is 1.00 e. The Hall–Kier alpha value is 1.39. The van der Waals surface area contributed by atoms with Gasteiger partial charge in [0.25, 0.3) is 0 Å². The van der Waals surface area contributed by atoms with Crippen molar-refractivity contribution in [2.45, 2.75) is 18.4 Å². The fourth-order valence-corrected chi connectivity index (χ4v) is 0. The molecule has 0 rings (SSSR count). The topological polar surface area (TPSA) is 0 Å². The standard InChI is InChI=1S/C4H10BrP.BrH/c1-3(2)4(5)6;/h3-4H,6H2,1-2H3;1H. The first kappa shape index (κ1) is 11.2. The minimum atomic E-state index is 0. The molecule has 0 radical (unpaired) electrons. The Morgan fingerprint density at radius 2 is 1.57 bits per heavy atom. The second-order valence-corrected chi connectivity index (χ2v) is 5.01. The maximum Gasteiger partial charge on any atom is 0.119 e. The molecule has 0 aliphatic carbocycles. The molecule has 0 spiro atoms. The molecule has 7 heavy (non-hydrogen) atoms. The van der Waals surface area contributed by atoms with Gasteiger partial charge >= 0.3 is 0 Å². The predicted octanol–water partition coefficient (Wildman–Crippen LogP) is -1.03. The minimum absolute atomic E-state index is 0. The Labute approximate surface area is 66.5 Å². The van der Waals surface area contributed by atoms with Crippen LogP contribution in [-0.4, -0.2) is 4.57 Å². The average molecular weight is 250 g/mol. The van der Waals surface area contributed by atoms with Crippen LogP contribution in [0.5, 0.6) is 0 Å². The first-order chi connectivity index (χ1) is 2.64. The maximum atomic E-state index is 3.45. The van der Waals surface area contributed by atoms with Gasteiger partial charge in [0.15, 0.2) is 0 Å². The quantitative estimate of drug-likeness (QED) is 0.412. The number of alkyl halides is 1. The maximum absolute atomic E-state index is 3.45. The second-order valence-electron chi connectivity index (χ2n) is 1.76. The van der Waals surface area contributed by atoms with Gasteiger partial charge in [-0.1, -0.05) is 13.8 Å². The van der Waals surface area contributed by atoms with Crippen molar-refractivity contribution >= 4 is 25.2 Å². The predicted molar refractivity (Wildman–Crippen MR) is 38.7 cm³/mol. The molecule has 0 nitrogen and oxygen atoms in total. The molecule has 0 fully saturated rings. The molecular weight excluding hydrogens is 239 g/mol. The summed E-state index contributed by atoms with van der Waals surface area (Å²) in [5.74, 6) is 0.781. The van der Waals surface area contributed by atoms with Gasteiger partial charge in [0.2, 0.25) is 0 Å². The van der Waals surface area contributed by atoms with Gasteiger partial charge in [0.1, 0.15) is 4.57 Å². The van der Waals surface area contributed by atoms with Gasteiger partial charge in [0.05, 0.1) is 0 Å². The lowest BCUT2D eigenvalue weighted by molar-refractivity contribution is -0.00000129. The lowest BCUT2D eigenvalue weighted by Crippen LogP contribution is -3.00. The number of halogens is 2. The molecule has 0 aromatic heterocycles. The second kappa shape index (κ2) is 5.53. The monoisotopic (exact) mass is 248 g/mol. The highest BCUT2D eigenvalue weighted by Gasteiger charge is 2.03. The van der Waals surface area contributed by atoms with Crippen LogP contribution in [-0.2, 0) is 0 Å². The third-order valence-corrected chi connectivity index (χ3v) is 2.72. The van der Waals surface area contributed by atoms with Crippen molar-refractivity contribution in [3.05, 3.63) is 0 Å². The van der Waals surface area contributed by atoms with Gasteiger partial charge in [-0.3, -0.25) is 0 Å². The lowest BCUT2D eigenvalue weighted by atomic mass is 10.3. The highest BCUT2D eigenvalue weighted by atomic mass is 79.9. The van der Waals surface area contributed by atoms with E-state index in [9.17, 15) is 0 Å². The molecule has 0 bridgehead atoms. The molecule has 3 heteroatoms. The van der Waals surface area contributed by atoms with Gasteiger partial charge in [0, 0.05) is 0 Å². The van der Waals surface area contributed by atoms with Crippen LogP contribution in [0.1, 0.15) is 13.8 Å². The summed E-state index contributed by atoms with van der Waals surface area (Å²) >= 11 is 3.45. The molecule has 0 aromatic rings. The van der Waals surface area contributed by atoms with Crippen molar-refractivity contribution in [1.29, 1.82) is 0 Å². The Bertz CT molecular complexity index is 30.7. The third kappa shape index (κ3) is 7.39. The first-order valence-electron chi connectivity index (χ1n) is 2.11. The van der Waals surface area contributed by atoms with Crippen molar-refractivity contribution in [1.82, 2.24) is 0 Å². The summed E-state index contributed by atoms with van der Waals surface area (Å²) in [4.78, 5) is 0. The van der Waals surface area contributed by atoms with E-state index in [0.717, 1.165) is 5.92 Å². The van der Waals surface area contributed by atoms with Crippen LogP contribution in [0.2, 0.25) is 0 Å². The molecule has 2 atom stereocenters. The van der Waals surface area contributed by atoms with Crippen LogP contribution in [0.3, 0.4) is 0 Å². The highest BCUT2D eigenvalue weighted by Crippen LogP contribution is 2.17. The van der Waals surface area contributed by atoms with Crippen LogP contribution in [0, 0.1) is 5.92 Å². The van der Waals surface area contributed by atoms with Gasteiger partial charge in [-0.25, -0.2) is 0 Å². The van der Waals surface area contributed by atoms with Gasteiger partial charge in [-0.2, -0.15) is 0 Å². The average Bonchev–Trinajstić information content (AvgIpc) is 1.36. The normalized spacial score (nSPS) is 13.7. The van der Waals surface area contributed by atoms with E-state index in [2.05, 4.69) is 29.8 Å². The third-order valence-electron chi connectivity index (χ3n) is 0.723. The molecule has 0 saturated carbocycles. The van der Waals surface area contributed by atoms with Crippen LogP contribution in [0.25, 0.3) is 0 Å². The Balaban J connectivity index is 0.